The Kier molecular flexibility index (Phi) is 7.41. The number of nitrogens with one attached hydrogen (secondary N) is 2. The average Bonchev–Trinajstić information content (AvgIpc) is 3.40. The van der Waals surface area contributed by atoms with Crippen LogP contribution in [0, 0.1) is 13.8 Å². The molecule has 178 valence electrons. The van der Waals surface area contributed by atoms with Gasteiger partial charge in [0, 0.05) is 12.1 Å². The van der Waals surface area contributed by atoms with Gasteiger partial charge in [0.2, 0.25) is 11.8 Å². The molecule has 0 spiro atoms. The Morgan fingerprint density at radius 2 is 1.09 bits per heavy atom. The molecule has 2 heterocycles. The van der Waals surface area contributed by atoms with E-state index < -0.39 is 36.0 Å². The van der Waals surface area contributed by atoms with E-state index >= 15 is 0 Å². The summed E-state index contributed by atoms with van der Waals surface area (Å²) < 4.78 is 20.0. The van der Waals surface area contributed by atoms with Crippen molar-refractivity contribution >= 4 is 35.5 Å². The molecule has 2 unspecified atom stereocenters. The van der Waals surface area contributed by atoms with Crippen molar-refractivity contribution in [3.05, 3.63) is 58.9 Å². The molecule has 0 saturated heterocycles. The molecule has 0 saturated carbocycles. The van der Waals surface area contributed by atoms with Crippen LogP contribution in [0.5, 0.6) is 0 Å². The fourth-order valence-electron chi connectivity index (χ4n) is 2.60. The van der Waals surface area contributed by atoms with Crippen LogP contribution < -0.4 is 10.6 Å². The molecule has 2 amide bonds. The van der Waals surface area contributed by atoms with Crippen LogP contribution in [0.4, 0.5) is 11.8 Å². The molecule has 0 fully saturated rings. The number of aryl methyl sites for hydroxylation is 2. The van der Waals surface area contributed by atoms with Crippen LogP contribution in [-0.2, 0) is 19.1 Å². The molecule has 3 rings (SSSR count). The van der Waals surface area contributed by atoms with E-state index in [1.165, 1.54) is 50.2 Å². The first-order chi connectivity index (χ1) is 16.1. The van der Waals surface area contributed by atoms with Gasteiger partial charge in [-0.1, -0.05) is 10.3 Å². The number of hydrogen-bond acceptors (Lipinski definition) is 10. The maximum atomic E-state index is 12.3. The first kappa shape index (κ1) is 24.2. The topological polar surface area (TPSA) is 163 Å². The Morgan fingerprint density at radius 1 is 0.735 bits per heavy atom. The van der Waals surface area contributed by atoms with E-state index in [0.29, 0.717) is 11.4 Å². The first-order valence-corrected chi connectivity index (χ1v) is 10.1. The van der Waals surface area contributed by atoms with Gasteiger partial charge < -0.3 is 18.5 Å². The second kappa shape index (κ2) is 10.4. The molecule has 0 aliphatic heterocycles. The zero-order chi connectivity index (χ0) is 24.8. The summed E-state index contributed by atoms with van der Waals surface area (Å²) in [6, 6.07) is 8.39. The molecule has 12 heteroatoms. The minimum Gasteiger partial charge on any atom is -0.449 e. The lowest BCUT2D eigenvalue weighted by Gasteiger charge is -2.13. The van der Waals surface area contributed by atoms with Crippen molar-refractivity contribution in [2.75, 3.05) is 10.6 Å². The van der Waals surface area contributed by atoms with Crippen molar-refractivity contribution in [1.29, 1.82) is 0 Å². The average molecular weight is 470 g/mol. The van der Waals surface area contributed by atoms with Gasteiger partial charge in [-0.05, 0) is 52.0 Å². The van der Waals surface area contributed by atoms with Gasteiger partial charge in [-0.3, -0.25) is 20.2 Å². The second-order valence-corrected chi connectivity index (χ2v) is 7.32. The van der Waals surface area contributed by atoms with E-state index in [1.54, 1.807) is 13.8 Å². The van der Waals surface area contributed by atoms with Gasteiger partial charge in [-0.2, -0.15) is 0 Å². The number of benzene rings is 1. The standard InChI is InChI=1S/C22H22N4O8/c1-11-9-17(33-25-11)23-19(27)13(3)31-21(29)15-5-7-16(8-6-15)22(30)32-14(4)20(28)24-18-10-12(2)26-34-18/h5-10,13-14H,1-4H3,(H,23,27)(H,24,28). The van der Waals surface area contributed by atoms with Gasteiger partial charge in [0.1, 0.15) is 0 Å². The largest absolute Gasteiger partial charge is 0.449 e. The fraction of sp³-hybridized carbons (Fsp3) is 0.273. The molecule has 0 aliphatic rings. The van der Waals surface area contributed by atoms with Crippen molar-refractivity contribution in [1.82, 2.24) is 10.3 Å². The van der Waals surface area contributed by atoms with Gasteiger partial charge >= 0.3 is 11.9 Å². The van der Waals surface area contributed by atoms with Crippen LogP contribution in [0.3, 0.4) is 0 Å². The lowest BCUT2D eigenvalue weighted by Crippen LogP contribution is -2.30. The number of anilines is 2. The van der Waals surface area contributed by atoms with Crippen molar-refractivity contribution in [2.24, 2.45) is 0 Å². The summed E-state index contributed by atoms with van der Waals surface area (Å²) in [5.74, 6) is -2.48. The summed E-state index contributed by atoms with van der Waals surface area (Å²) in [5.41, 5.74) is 1.38. The Labute approximate surface area is 193 Å². The highest BCUT2D eigenvalue weighted by Gasteiger charge is 2.22. The van der Waals surface area contributed by atoms with Crippen molar-refractivity contribution in [2.45, 2.75) is 39.9 Å². The number of esters is 2. The predicted molar refractivity (Wildman–Crippen MR) is 116 cm³/mol. The lowest BCUT2D eigenvalue weighted by atomic mass is 10.1. The maximum absolute atomic E-state index is 12.3. The third kappa shape index (κ3) is 6.28. The number of ether oxygens (including phenoxy) is 2. The van der Waals surface area contributed by atoms with Crippen molar-refractivity contribution in [3.8, 4) is 0 Å². The number of aromatic nitrogens is 2. The van der Waals surface area contributed by atoms with E-state index in [9.17, 15) is 19.2 Å². The number of carbonyl (C=O) groups is 4. The molecule has 12 nitrogen and oxygen atoms in total. The molecule has 0 radical (unpaired) electrons. The van der Waals surface area contributed by atoms with E-state index in [4.69, 9.17) is 18.5 Å². The van der Waals surface area contributed by atoms with E-state index in [2.05, 4.69) is 20.9 Å². The zero-order valence-electron chi connectivity index (χ0n) is 18.8. The second-order valence-electron chi connectivity index (χ2n) is 7.32. The molecule has 0 bridgehead atoms. The van der Waals surface area contributed by atoms with Gasteiger partial charge in [0.05, 0.1) is 22.5 Å². The van der Waals surface area contributed by atoms with Gasteiger partial charge in [0.25, 0.3) is 11.8 Å². The molecular formula is C22H22N4O8. The number of rotatable bonds is 8. The van der Waals surface area contributed by atoms with Crippen LogP contribution >= 0.6 is 0 Å². The third-order valence-corrected chi connectivity index (χ3v) is 4.41. The van der Waals surface area contributed by atoms with Crippen LogP contribution in [0.25, 0.3) is 0 Å². The predicted octanol–water partition coefficient (Wildman–Crippen LogP) is 2.65. The molecule has 2 N–H and O–H groups in total. The third-order valence-electron chi connectivity index (χ3n) is 4.41. The zero-order valence-corrected chi connectivity index (χ0v) is 18.8. The Hall–Kier alpha value is -4.48. The Morgan fingerprint density at radius 3 is 1.38 bits per heavy atom. The molecule has 34 heavy (non-hydrogen) atoms. The number of hydrogen-bond donors (Lipinski definition) is 2. The lowest BCUT2D eigenvalue weighted by molar-refractivity contribution is -0.124. The summed E-state index contributed by atoms with van der Waals surface area (Å²) in [6.45, 7) is 6.18. The highest BCUT2D eigenvalue weighted by Crippen LogP contribution is 2.13. The quantitative estimate of drug-likeness (QED) is 0.468. The molecule has 2 aromatic heterocycles. The Bertz CT molecular complexity index is 1100. The molecule has 2 atom stereocenters. The number of amides is 2. The normalized spacial score (nSPS) is 12.4. The maximum Gasteiger partial charge on any atom is 0.338 e. The molecular weight excluding hydrogens is 448 g/mol. The summed E-state index contributed by atoms with van der Waals surface area (Å²) in [4.78, 5) is 48.9. The van der Waals surface area contributed by atoms with Gasteiger partial charge in [-0.25, -0.2) is 9.59 Å². The SMILES string of the molecule is Cc1cc(NC(=O)C(C)OC(=O)c2ccc(C(=O)OC(C)C(=O)Nc3cc(C)no3)cc2)on1. The molecule has 1 aromatic carbocycles. The highest BCUT2D eigenvalue weighted by molar-refractivity contribution is 5.98. The van der Waals surface area contributed by atoms with Crippen LogP contribution in [0.1, 0.15) is 46.0 Å². The summed E-state index contributed by atoms with van der Waals surface area (Å²) in [5, 5.41) is 12.2. The smallest absolute Gasteiger partial charge is 0.338 e. The van der Waals surface area contributed by atoms with Crippen molar-refractivity contribution in [3.63, 3.8) is 0 Å². The van der Waals surface area contributed by atoms with E-state index in [1.807, 2.05) is 0 Å². The summed E-state index contributed by atoms with van der Waals surface area (Å²) in [6.07, 6.45) is -2.23. The van der Waals surface area contributed by atoms with E-state index in [-0.39, 0.29) is 22.9 Å². The highest BCUT2D eigenvalue weighted by atomic mass is 16.6. The minimum absolute atomic E-state index is 0.109. The summed E-state index contributed by atoms with van der Waals surface area (Å²) in [7, 11) is 0. The van der Waals surface area contributed by atoms with Crippen LogP contribution in [0.2, 0.25) is 0 Å². The van der Waals surface area contributed by atoms with Gasteiger partial charge in [0.15, 0.2) is 12.2 Å². The Balaban J connectivity index is 1.51. The van der Waals surface area contributed by atoms with Crippen LogP contribution in [0.15, 0.2) is 45.4 Å². The van der Waals surface area contributed by atoms with E-state index in [0.717, 1.165) is 0 Å². The number of nitrogens with zero attached hydrogens (tertiary/aromatic N) is 2. The molecule has 0 aliphatic carbocycles. The first-order valence-electron chi connectivity index (χ1n) is 10.1. The van der Waals surface area contributed by atoms with Crippen LogP contribution in [-0.4, -0.2) is 46.3 Å². The summed E-state index contributed by atoms with van der Waals surface area (Å²) >= 11 is 0. The fourth-order valence-corrected chi connectivity index (χ4v) is 2.60. The monoisotopic (exact) mass is 470 g/mol. The molecule has 3 aromatic rings. The minimum atomic E-state index is -1.12. The van der Waals surface area contributed by atoms with Crippen molar-refractivity contribution < 1.29 is 37.7 Å². The van der Waals surface area contributed by atoms with Gasteiger partial charge in [-0.15, -0.1) is 0 Å². The number of carbonyl (C=O) groups excluding carboxylic acids is 4.